The number of piperidine rings is 1. The number of ether oxygens (including phenoxy) is 2. The van der Waals surface area contributed by atoms with Crippen LogP contribution in [0.2, 0.25) is 0 Å². The fourth-order valence-corrected chi connectivity index (χ4v) is 2.77. The predicted molar refractivity (Wildman–Crippen MR) is 93.4 cm³/mol. The van der Waals surface area contributed by atoms with Crippen molar-refractivity contribution in [1.29, 1.82) is 0 Å². The minimum Gasteiger partial charge on any atom is -0.494 e. The average Bonchev–Trinajstić information content (AvgIpc) is 2.58. The minimum atomic E-state index is 0. The Bertz CT molecular complexity index is 467. The van der Waals surface area contributed by atoms with Gasteiger partial charge >= 0.3 is 0 Å². The normalized spacial score (nSPS) is 17.5. The highest BCUT2D eigenvalue weighted by atomic mass is 35.5. The van der Waals surface area contributed by atoms with Crippen molar-refractivity contribution in [3.63, 3.8) is 0 Å². The monoisotopic (exact) mass is 342 g/mol. The van der Waals surface area contributed by atoms with Crippen molar-refractivity contribution in [1.82, 2.24) is 4.90 Å². The fraction of sp³-hybridized carbons (Fsp3) is 0.588. The van der Waals surface area contributed by atoms with E-state index >= 15 is 0 Å². The van der Waals surface area contributed by atoms with Crippen molar-refractivity contribution >= 4 is 18.3 Å². The van der Waals surface area contributed by atoms with Gasteiger partial charge in [0, 0.05) is 44.8 Å². The maximum atomic E-state index is 12.6. The number of carbonyl (C=O) groups is 1. The molecule has 0 bridgehead atoms. The first-order valence-electron chi connectivity index (χ1n) is 7.99. The highest BCUT2D eigenvalue weighted by Crippen LogP contribution is 2.20. The fourth-order valence-electron chi connectivity index (χ4n) is 2.77. The van der Waals surface area contributed by atoms with Gasteiger partial charge in [0.15, 0.2) is 0 Å². The van der Waals surface area contributed by atoms with Gasteiger partial charge in [-0.15, -0.1) is 12.4 Å². The van der Waals surface area contributed by atoms with Gasteiger partial charge in [0.2, 0.25) is 0 Å². The Morgan fingerprint density at radius 1 is 1.26 bits per heavy atom. The summed E-state index contributed by atoms with van der Waals surface area (Å²) in [5.74, 6) is 0.850. The van der Waals surface area contributed by atoms with Gasteiger partial charge in [-0.3, -0.25) is 4.79 Å². The van der Waals surface area contributed by atoms with Gasteiger partial charge in [-0.05, 0) is 43.5 Å². The van der Waals surface area contributed by atoms with Crippen LogP contribution < -0.4 is 10.5 Å². The summed E-state index contributed by atoms with van der Waals surface area (Å²) in [6.45, 7) is 2.64. The number of benzene rings is 1. The van der Waals surface area contributed by atoms with E-state index in [1.165, 1.54) is 0 Å². The summed E-state index contributed by atoms with van der Waals surface area (Å²) in [5.41, 5.74) is 6.49. The van der Waals surface area contributed by atoms with E-state index in [-0.39, 0.29) is 24.4 Å². The molecule has 0 spiro atoms. The second kappa shape index (κ2) is 10.5. The van der Waals surface area contributed by atoms with Crippen LogP contribution in [-0.4, -0.2) is 50.3 Å². The standard InChI is InChI=1S/C17H26N2O3.ClH/c1-21-11-4-12-22-16-8-6-14(7-9-16)17(20)19-10-3-2-5-15(19)13-18;/h6-9,15H,2-5,10-13,18H2,1H3;1H. The molecule has 1 fully saturated rings. The molecule has 1 aromatic rings. The van der Waals surface area contributed by atoms with E-state index in [1.54, 1.807) is 7.11 Å². The molecule has 1 heterocycles. The molecule has 23 heavy (non-hydrogen) atoms. The van der Waals surface area contributed by atoms with Gasteiger partial charge in [0.05, 0.1) is 6.61 Å². The second-order valence-corrected chi connectivity index (χ2v) is 5.60. The van der Waals surface area contributed by atoms with E-state index in [9.17, 15) is 4.79 Å². The molecular weight excluding hydrogens is 316 g/mol. The first-order chi connectivity index (χ1) is 10.8. The molecule has 0 saturated carbocycles. The van der Waals surface area contributed by atoms with Crippen molar-refractivity contribution in [3.05, 3.63) is 29.8 Å². The molecular formula is C17H27ClN2O3. The molecule has 0 radical (unpaired) electrons. The third-order valence-electron chi connectivity index (χ3n) is 4.02. The predicted octanol–water partition coefficient (Wildman–Crippen LogP) is 2.48. The number of rotatable bonds is 7. The third-order valence-corrected chi connectivity index (χ3v) is 4.02. The number of hydrogen-bond donors (Lipinski definition) is 1. The van der Waals surface area contributed by atoms with Crippen molar-refractivity contribution in [2.75, 3.05) is 33.4 Å². The molecule has 0 aliphatic carbocycles. The number of amides is 1. The number of hydrogen-bond acceptors (Lipinski definition) is 4. The van der Waals surface area contributed by atoms with Crippen LogP contribution in [0.25, 0.3) is 0 Å². The molecule has 5 nitrogen and oxygen atoms in total. The first-order valence-corrected chi connectivity index (χ1v) is 7.99. The van der Waals surface area contributed by atoms with Crippen LogP contribution in [0.1, 0.15) is 36.0 Å². The van der Waals surface area contributed by atoms with Crippen LogP contribution in [0, 0.1) is 0 Å². The highest BCUT2D eigenvalue weighted by Gasteiger charge is 2.26. The molecule has 1 unspecified atom stereocenters. The molecule has 130 valence electrons. The van der Waals surface area contributed by atoms with E-state index < -0.39 is 0 Å². The summed E-state index contributed by atoms with van der Waals surface area (Å²) in [7, 11) is 1.68. The molecule has 1 atom stereocenters. The summed E-state index contributed by atoms with van der Waals surface area (Å²) < 4.78 is 10.6. The van der Waals surface area contributed by atoms with Crippen LogP contribution in [0.5, 0.6) is 5.75 Å². The molecule has 1 aliphatic heterocycles. The van der Waals surface area contributed by atoms with Gasteiger partial charge in [-0.25, -0.2) is 0 Å². The third kappa shape index (κ3) is 5.68. The number of halogens is 1. The van der Waals surface area contributed by atoms with Crippen LogP contribution >= 0.6 is 12.4 Å². The number of likely N-dealkylation sites (tertiary alicyclic amines) is 1. The number of methoxy groups -OCH3 is 1. The van der Waals surface area contributed by atoms with E-state index in [4.69, 9.17) is 15.2 Å². The summed E-state index contributed by atoms with van der Waals surface area (Å²) in [5, 5.41) is 0. The Hall–Kier alpha value is -1.30. The maximum absolute atomic E-state index is 12.6. The molecule has 1 saturated heterocycles. The SMILES string of the molecule is COCCCOc1ccc(C(=O)N2CCCCC2CN)cc1.Cl. The van der Waals surface area contributed by atoms with Crippen LogP contribution in [0.4, 0.5) is 0 Å². The molecule has 1 amide bonds. The average molecular weight is 343 g/mol. The summed E-state index contributed by atoms with van der Waals surface area (Å²) >= 11 is 0. The quantitative estimate of drug-likeness (QED) is 0.773. The highest BCUT2D eigenvalue weighted by molar-refractivity contribution is 5.94. The minimum absolute atomic E-state index is 0. The Balaban J connectivity index is 0.00000264. The van der Waals surface area contributed by atoms with Gasteiger partial charge in [0.25, 0.3) is 5.91 Å². The van der Waals surface area contributed by atoms with Crippen LogP contribution in [-0.2, 0) is 4.74 Å². The molecule has 1 aliphatic rings. The number of nitrogens with two attached hydrogens (primary N) is 1. The second-order valence-electron chi connectivity index (χ2n) is 5.60. The molecule has 6 heteroatoms. The molecule has 2 rings (SSSR count). The summed E-state index contributed by atoms with van der Waals surface area (Å²) in [6.07, 6.45) is 4.06. The molecule has 0 aromatic heterocycles. The van der Waals surface area contributed by atoms with Crippen LogP contribution in [0.15, 0.2) is 24.3 Å². The van der Waals surface area contributed by atoms with Crippen LogP contribution in [0.3, 0.4) is 0 Å². The number of carbonyl (C=O) groups excluding carboxylic acids is 1. The summed E-state index contributed by atoms with van der Waals surface area (Å²) in [4.78, 5) is 14.5. The zero-order valence-corrected chi connectivity index (χ0v) is 14.5. The lowest BCUT2D eigenvalue weighted by molar-refractivity contribution is 0.0623. The number of nitrogens with zero attached hydrogens (tertiary/aromatic N) is 1. The van der Waals surface area contributed by atoms with Gasteiger partial charge < -0.3 is 20.1 Å². The zero-order chi connectivity index (χ0) is 15.8. The summed E-state index contributed by atoms with van der Waals surface area (Å²) in [6, 6.07) is 7.53. The topological polar surface area (TPSA) is 64.8 Å². The van der Waals surface area contributed by atoms with E-state index in [1.807, 2.05) is 29.2 Å². The van der Waals surface area contributed by atoms with Crippen molar-refractivity contribution in [2.24, 2.45) is 5.73 Å². The van der Waals surface area contributed by atoms with Crippen molar-refractivity contribution < 1.29 is 14.3 Å². The smallest absolute Gasteiger partial charge is 0.254 e. The Labute approximate surface area is 144 Å². The van der Waals surface area contributed by atoms with Gasteiger partial charge in [-0.2, -0.15) is 0 Å². The lowest BCUT2D eigenvalue weighted by Gasteiger charge is -2.35. The largest absolute Gasteiger partial charge is 0.494 e. The lowest BCUT2D eigenvalue weighted by atomic mass is 10.0. The van der Waals surface area contributed by atoms with Crippen molar-refractivity contribution in [2.45, 2.75) is 31.7 Å². The van der Waals surface area contributed by atoms with E-state index in [2.05, 4.69) is 0 Å². The van der Waals surface area contributed by atoms with Gasteiger partial charge in [0.1, 0.15) is 5.75 Å². The molecule has 2 N–H and O–H groups in total. The zero-order valence-electron chi connectivity index (χ0n) is 13.7. The Kier molecular flexibility index (Phi) is 8.99. The maximum Gasteiger partial charge on any atom is 0.254 e. The first kappa shape index (κ1) is 19.7. The molecule has 1 aromatic carbocycles. The van der Waals surface area contributed by atoms with E-state index in [0.29, 0.717) is 25.3 Å². The Morgan fingerprint density at radius 2 is 2.00 bits per heavy atom. The van der Waals surface area contributed by atoms with Crippen molar-refractivity contribution in [3.8, 4) is 5.75 Å². The van der Waals surface area contributed by atoms with Gasteiger partial charge in [-0.1, -0.05) is 0 Å². The lowest BCUT2D eigenvalue weighted by Crippen LogP contribution is -2.47. The Morgan fingerprint density at radius 3 is 2.65 bits per heavy atom. The van der Waals surface area contributed by atoms with E-state index in [0.717, 1.165) is 38.0 Å².